The van der Waals surface area contributed by atoms with Crippen molar-refractivity contribution in [2.75, 3.05) is 11.9 Å². The Labute approximate surface area is 152 Å². The van der Waals surface area contributed by atoms with Gasteiger partial charge in [-0.15, -0.1) is 0 Å². The Hall–Kier alpha value is -2.67. The Morgan fingerprint density at radius 2 is 2.04 bits per heavy atom. The number of nitrogens with zero attached hydrogens (tertiary/aromatic N) is 2. The number of nitrogens with one attached hydrogen (secondary N) is 1. The van der Waals surface area contributed by atoms with Gasteiger partial charge in [-0.25, -0.2) is 9.07 Å². The number of aromatic nitrogens is 2. The van der Waals surface area contributed by atoms with E-state index < -0.39 is 0 Å². The summed E-state index contributed by atoms with van der Waals surface area (Å²) in [5.74, 6) is -0.365. The fourth-order valence-corrected chi connectivity index (χ4v) is 2.66. The Morgan fingerprint density at radius 1 is 1.28 bits per heavy atom. The highest BCUT2D eigenvalue weighted by Crippen LogP contribution is 2.22. The molecule has 0 saturated heterocycles. The number of benzene rings is 2. The number of carbonyl (C=O) groups excluding carboxylic acids is 1. The van der Waals surface area contributed by atoms with E-state index in [1.54, 1.807) is 30.5 Å². The van der Waals surface area contributed by atoms with Crippen LogP contribution in [0.3, 0.4) is 0 Å². The van der Waals surface area contributed by atoms with E-state index >= 15 is 0 Å². The molecule has 3 aromatic rings. The number of hydrogen-bond donors (Lipinski definition) is 1. The van der Waals surface area contributed by atoms with E-state index in [4.69, 9.17) is 4.74 Å². The van der Waals surface area contributed by atoms with Crippen LogP contribution < -0.4 is 10.1 Å². The van der Waals surface area contributed by atoms with Gasteiger partial charge in [0.2, 0.25) is 0 Å². The molecule has 0 aliphatic carbocycles. The summed E-state index contributed by atoms with van der Waals surface area (Å²) < 4.78 is 20.9. The zero-order chi connectivity index (χ0) is 17.8. The van der Waals surface area contributed by atoms with Gasteiger partial charge < -0.3 is 10.1 Å². The van der Waals surface area contributed by atoms with Gasteiger partial charge in [-0.2, -0.15) is 5.10 Å². The van der Waals surface area contributed by atoms with Crippen LogP contribution in [0.4, 0.5) is 10.1 Å². The van der Waals surface area contributed by atoms with Crippen LogP contribution in [-0.2, 0) is 0 Å². The second-order valence-electron chi connectivity index (χ2n) is 5.16. The SMILES string of the molecule is CCOc1cn(-c2ccc(F)cc2)nc1C(=O)Nc1cccc(Br)c1. The second-order valence-corrected chi connectivity index (χ2v) is 6.08. The Bertz CT molecular complexity index is 894. The van der Waals surface area contributed by atoms with E-state index in [1.165, 1.54) is 16.8 Å². The fourth-order valence-electron chi connectivity index (χ4n) is 2.26. The lowest BCUT2D eigenvalue weighted by Gasteiger charge is -2.05. The zero-order valence-corrected chi connectivity index (χ0v) is 15.0. The molecule has 1 amide bonds. The number of hydrogen-bond acceptors (Lipinski definition) is 3. The summed E-state index contributed by atoms with van der Waals surface area (Å²) in [6.07, 6.45) is 1.60. The van der Waals surface area contributed by atoms with Gasteiger partial charge in [-0.05, 0) is 49.4 Å². The number of ether oxygens (including phenoxy) is 1. The molecule has 128 valence electrons. The van der Waals surface area contributed by atoms with Crippen LogP contribution >= 0.6 is 15.9 Å². The summed E-state index contributed by atoms with van der Waals surface area (Å²) in [7, 11) is 0. The van der Waals surface area contributed by atoms with Gasteiger partial charge in [0.15, 0.2) is 11.4 Å². The van der Waals surface area contributed by atoms with E-state index in [2.05, 4.69) is 26.3 Å². The van der Waals surface area contributed by atoms with Crippen LogP contribution in [0, 0.1) is 5.82 Å². The number of carbonyl (C=O) groups is 1. The van der Waals surface area contributed by atoms with E-state index in [0.717, 1.165) is 4.47 Å². The first-order chi connectivity index (χ1) is 12.1. The number of amides is 1. The lowest BCUT2D eigenvalue weighted by Crippen LogP contribution is -2.14. The van der Waals surface area contributed by atoms with Crippen molar-refractivity contribution < 1.29 is 13.9 Å². The minimum atomic E-state index is -0.387. The molecule has 1 N–H and O–H groups in total. The molecule has 0 saturated carbocycles. The molecule has 2 aromatic carbocycles. The lowest BCUT2D eigenvalue weighted by atomic mass is 10.3. The van der Waals surface area contributed by atoms with E-state index in [0.29, 0.717) is 23.7 Å². The molecule has 0 aliphatic heterocycles. The van der Waals surface area contributed by atoms with Crippen molar-refractivity contribution in [3.05, 3.63) is 70.7 Å². The zero-order valence-electron chi connectivity index (χ0n) is 13.4. The third kappa shape index (κ3) is 4.06. The van der Waals surface area contributed by atoms with Gasteiger partial charge in [0.1, 0.15) is 5.82 Å². The first kappa shape index (κ1) is 17.2. The number of anilines is 1. The van der Waals surface area contributed by atoms with Gasteiger partial charge in [-0.3, -0.25) is 4.79 Å². The van der Waals surface area contributed by atoms with Crippen molar-refractivity contribution in [3.63, 3.8) is 0 Å². The lowest BCUT2D eigenvalue weighted by molar-refractivity contribution is 0.101. The van der Waals surface area contributed by atoms with Crippen LogP contribution in [0.25, 0.3) is 5.69 Å². The molecule has 0 radical (unpaired) electrons. The molecule has 0 unspecified atom stereocenters. The van der Waals surface area contributed by atoms with Crippen LogP contribution in [0.2, 0.25) is 0 Å². The summed E-state index contributed by atoms with van der Waals surface area (Å²) in [6.45, 7) is 2.22. The molecule has 0 spiro atoms. The molecule has 1 heterocycles. The maximum atomic E-state index is 13.1. The van der Waals surface area contributed by atoms with Gasteiger partial charge in [0.05, 0.1) is 18.5 Å². The van der Waals surface area contributed by atoms with Crippen LogP contribution in [0.1, 0.15) is 17.4 Å². The molecule has 0 fully saturated rings. The Kier molecular flexibility index (Phi) is 5.14. The first-order valence-electron chi connectivity index (χ1n) is 7.62. The molecule has 0 bridgehead atoms. The summed E-state index contributed by atoms with van der Waals surface area (Å²) in [5, 5.41) is 7.08. The molecule has 0 atom stereocenters. The topological polar surface area (TPSA) is 56.2 Å². The third-order valence-corrected chi connectivity index (χ3v) is 3.86. The van der Waals surface area contributed by atoms with Crippen LogP contribution in [-0.4, -0.2) is 22.3 Å². The minimum Gasteiger partial charge on any atom is -0.490 e. The van der Waals surface area contributed by atoms with E-state index in [9.17, 15) is 9.18 Å². The highest BCUT2D eigenvalue weighted by atomic mass is 79.9. The Morgan fingerprint density at radius 3 is 2.72 bits per heavy atom. The average molecular weight is 404 g/mol. The van der Waals surface area contributed by atoms with Crippen molar-refractivity contribution in [1.29, 1.82) is 0 Å². The standard InChI is InChI=1S/C18H15BrFN3O2/c1-2-25-16-11-23(15-8-6-13(20)7-9-15)22-17(16)18(24)21-14-5-3-4-12(19)10-14/h3-11H,2H2,1H3,(H,21,24). The minimum absolute atomic E-state index is 0.158. The smallest absolute Gasteiger partial charge is 0.280 e. The molecule has 3 rings (SSSR count). The van der Waals surface area contributed by atoms with Gasteiger partial charge in [-0.1, -0.05) is 22.0 Å². The normalized spacial score (nSPS) is 10.5. The largest absolute Gasteiger partial charge is 0.490 e. The maximum Gasteiger partial charge on any atom is 0.280 e. The quantitative estimate of drug-likeness (QED) is 0.685. The molecular formula is C18H15BrFN3O2. The van der Waals surface area contributed by atoms with Gasteiger partial charge >= 0.3 is 0 Å². The van der Waals surface area contributed by atoms with Crippen molar-refractivity contribution in [1.82, 2.24) is 9.78 Å². The molecule has 5 nitrogen and oxygen atoms in total. The van der Waals surface area contributed by atoms with Crippen molar-refractivity contribution >= 4 is 27.5 Å². The van der Waals surface area contributed by atoms with E-state index in [-0.39, 0.29) is 17.4 Å². The highest BCUT2D eigenvalue weighted by Gasteiger charge is 2.19. The maximum absolute atomic E-state index is 13.1. The van der Waals surface area contributed by atoms with Crippen LogP contribution in [0.15, 0.2) is 59.2 Å². The van der Waals surface area contributed by atoms with Crippen molar-refractivity contribution in [2.24, 2.45) is 0 Å². The first-order valence-corrected chi connectivity index (χ1v) is 8.41. The van der Waals surface area contributed by atoms with Crippen LogP contribution in [0.5, 0.6) is 5.75 Å². The summed E-state index contributed by atoms with van der Waals surface area (Å²) in [5.41, 5.74) is 1.42. The van der Waals surface area contributed by atoms with E-state index in [1.807, 2.05) is 19.1 Å². The second kappa shape index (κ2) is 7.48. The highest BCUT2D eigenvalue weighted by molar-refractivity contribution is 9.10. The third-order valence-electron chi connectivity index (χ3n) is 3.37. The predicted molar refractivity (Wildman–Crippen MR) is 96.8 cm³/mol. The van der Waals surface area contributed by atoms with Gasteiger partial charge in [0.25, 0.3) is 5.91 Å². The molecular weight excluding hydrogens is 389 g/mol. The summed E-state index contributed by atoms with van der Waals surface area (Å²) >= 11 is 3.36. The fraction of sp³-hybridized carbons (Fsp3) is 0.111. The summed E-state index contributed by atoms with van der Waals surface area (Å²) in [4.78, 5) is 12.6. The molecule has 25 heavy (non-hydrogen) atoms. The number of halogens is 2. The monoisotopic (exact) mass is 403 g/mol. The Balaban J connectivity index is 1.91. The average Bonchev–Trinajstić information content (AvgIpc) is 3.00. The molecule has 1 aromatic heterocycles. The molecule has 7 heteroatoms. The van der Waals surface area contributed by atoms with Crippen molar-refractivity contribution in [2.45, 2.75) is 6.92 Å². The molecule has 0 aliphatic rings. The summed E-state index contributed by atoms with van der Waals surface area (Å²) in [6, 6.07) is 13.1. The van der Waals surface area contributed by atoms with Gasteiger partial charge in [0, 0.05) is 10.2 Å². The number of rotatable bonds is 5. The van der Waals surface area contributed by atoms with Crippen molar-refractivity contribution in [3.8, 4) is 11.4 Å². The predicted octanol–water partition coefficient (Wildman–Crippen LogP) is 4.42.